The molecule has 0 radical (unpaired) electrons. The topological polar surface area (TPSA) is 85.8 Å². The summed E-state index contributed by atoms with van der Waals surface area (Å²) in [5, 5.41) is 4.19. The van der Waals surface area contributed by atoms with Gasteiger partial charge in [-0.05, 0) is 43.5 Å². The molecule has 5 rings (SSSR count). The Hall–Kier alpha value is -3.08. The van der Waals surface area contributed by atoms with Gasteiger partial charge in [-0.2, -0.15) is 0 Å². The first kappa shape index (κ1) is 27.5. The van der Waals surface area contributed by atoms with Crippen LogP contribution >= 0.6 is 11.3 Å². The zero-order valence-corrected chi connectivity index (χ0v) is 23.5. The van der Waals surface area contributed by atoms with Crippen molar-refractivity contribution in [2.75, 3.05) is 43.1 Å². The number of rotatable bonds is 9. The number of carbonyl (C=O) groups is 1. The number of benzene rings is 1. The highest BCUT2D eigenvalue weighted by Crippen LogP contribution is 2.38. The molecule has 0 atom stereocenters. The van der Waals surface area contributed by atoms with Crippen molar-refractivity contribution in [3.05, 3.63) is 53.6 Å². The van der Waals surface area contributed by atoms with Gasteiger partial charge in [-0.3, -0.25) is 4.79 Å². The largest absolute Gasteiger partial charge is 0.490 e. The molecule has 0 aliphatic carbocycles. The van der Waals surface area contributed by atoms with E-state index < -0.39 is 18.0 Å². The van der Waals surface area contributed by atoms with E-state index in [2.05, 4.69) is 20.2 Å². The van der Waals surface area contributed by atoms with Crippen LogP contribution in [-0.2, 0) is 9.47 Å². The summed E-state index contributed by atoms with van der Waals surface area (Å²) < 4.78 is 32.9. The third kappa shape index (κ3) is 6.57. The van der Waals surface area contributed by atoms with Gasteiger partial charge >= 0.3 is 0 Å². The summed E-state index contributed by atoms with van der Waals surface area (Å²) in [7, 11) is 0. The number of hydrogen-bond donors (Lipinski definition) is 1. The van der Waals surface area contributed by atoms with Crippen LogP contribution in [0.4, 0.5) is 15.2 Å². The fourth-order valence-electron chi connectivity index (χ4n) is 4.58. The molecule has 0 unspecified atom stereocenters. The lowest BCUT2D eigenvalue weighted by atomic mass is 9.95. The van der Waals surface area contributed by atoms with Gasteiger partial charge in [0.15, 0.2) is 17.9 Å². The number of amides is 1. The monoisotopic (exact) mass is 554 g/mol. The SMILES string of the molecule is CCCCOc1c(F)cc(C(=O)Nc2cnc(-c3ccnc(N4CCCC4)c3)s2)cc1C1OCC(C)(C)CO1. The van der Waals surface area contributed by atoms with Gasteiger partial charge in [-0.25, -0.2) is 14.4 Å². The minimum atomic E-state index is -0.816. The molecule has 3 aromatic rings. The van der Waals surface area contributed by atoms with Crippen LogP contribution in [0.25, 0.3) is 10.6 Å². The molecule has 2 aliphatic rings. The summed E-state index contributed by atoms with van der Waals surface area (Å²) in [6.45, 7) is 9.38. The van der Waals surface area contributed by atoms with Crippen LogP contribution in [0.1, 0.15) is 68.7 Å². The number of unbranched alkanes of at least 4 members (excludes halogenated alkanes) is 1. The maximum absolute atomic E-state index is 15.3. The fraction of sp³-hybridized carbons (Fsp3) is 0.483. The average molecular weight is 555 g/mol. The summed E-state index contributed by atoms with van der Waals surface area (Å²) in [5.41, 5.74) is 1.32. The number of thiazole rings is 1. The maximum atomic E-state index is 15.3. The molecule has 2 aliphatic heterocycles. The van der Waals surface area contributed by atoms with Crippen molar-refractivity contribution in [3.63, 3.8) is 0 Å². The zero-order valence-electron chi connectivity index (χ0n) is 22.7. The number of aromatic nitrogens is 2. The van der Waals surface area contributed by atoms with Crippen molar-refractivity contribution in [1.29, 1.82) is 0 Å². The average Bonchev–Trinajstić information content (AvgIpc) is 3.63. The number of nitrogens with zero attached hydrogens (tertiary/aromatic N) is 3. The smallest absolute Gasteiger partial charge is 0.256 e. The summed E-state index contributed by atoms with van der Waals surface area (Å²) in [4.78, 5) is 24.5. The van der Waals surface area contributed by atoms with Crippen LogP contribution in [0.15, 0.2) is 36.7 Å². The molecule has 4 heterocycles. The van der Waals surface area contributed by atoms with Crippen molar-refractivity contribution < 1.29 is 23.4 Å². The van der Waals surface area contributed by atoms with E-state index >= 15 is 4.39 Å². The minimum Gasteiger partial charge on any atom is -0.490 e. The Labute approximate surface area is 232 Å². The molecular weight excluding hydrogens is 519 g/mol. The molecule has 1 aromatic carbocycles. The molecule has 10 heteroatoms. The molecule has 1 N–H and O–H groups in total. The number of anilines is 2. The molecule has 0 saturated carbocycles. The predicted octanol–water partition coefficient (Wildman–Crippen LogP) is 6.45. The van der Waals surface area contributed by atoms with Crippen LogP contribution in [0.3, 0.4) is 0 Å². The van der Waals surface area contributed by atoms with Gasteiger partial charge in [0.1, 0.15) is 15.8 Å². The number of halogens is 1. The first-order chi connectivity index (χ1) is 18.8. The predicted molar refractivity (Wildman–Crippen MR) is 150 cm³/mol. The van der Waals surface area contributed by atoms with E-state index in [1.165, 1.54) is 30.2 Å². The Balaban J connectivity index is 1.34. The zero-order chi connectivity index (χ0) is 27.4. The van der Waals surface area contributed by atoms with E-state index in [-0.39, 0.29) is 16.7 Å². The van der Waals surface area contributed by atoms with E-state index in [0.29, 0.717) is 30.4 Å². The summed E-state index contributed by atoms with van der Waals surface area (Å²) in [6, 6.07) is 6.73. The summed E-state index contributed by atoms with van der Waals surface area (Å²) in [6.07, 6.45) is 6.62. The van der Waals surface area contributed by atoms with E-state index in [4.69, 9.17) is 14.2 Å². The third-order valence-electron chi connectivity index (χ3n) is 6.75. The van der Waals surface area contributed by atoms with Crippen molar-refractivity contribution >= 4 is 28.1 Å². The molecule has 2 fully saturated rings. The van der Waals surface area contributed by atoms with Gasteiger partial charge in [-0.15, -0.1) is 0 Å². The molecule has 0 spiro atoms. The third-order valence-corrected chi connectivity index (χ3v) is 7.71. The Morgan fingerprint density at radius 3 is 2.72 bits per heavy atom. The molecule has 2 saturated heterocycles. The van der Waals surface area contributed by atoms with Crippen LogP contribution < -0.4 is 15.0 Å². The molecular formula is C29H35FN4O4S. The highest BCUT2D eigenvalue weighted by Gasteiger charge is 2.32. The molecule has 1 amide bonds. The number of hydrogen-bond acceptors (Lipinski definition) is 8. The normalized spacial score (nSPS) is 17.4. The number of carbonyl (C=O) groups excluding carboxylic acids is 1. The standard InChI is InChI=1S/C29H35FN4O4S/c1-4-5-12-36-25-21(28-37-17-29(2,3)18-38-28)13-20(14-22(25)30)26(35)33-24-16-32-27(39-24)19-8-9-31-23(15-19)34-10-6-7-11-34/h8-9,13-16,28H,4-7,10-12,17-18H2,1-3H3,(H,33,35). The lowest BCUT2D eigenvalue weighted by Crippen LogP contribution is -2.34. The highest BCUT2D eigenvalue weighted by molar-refractivity contribution is 7.19. The van der Waals surface area contributed by atoms with E-state index in [9.17, 15) is 4.79 Å². The van der Waals surface area contributed by atoms with Crippen molar-refractivity contribution in [2.24, 2.45) is 5.41 Å². The summed E-state index contributed by atoms with van der Waals surface area (Å²) in [5.74, 6) is -0.0714. The highest BCUT2D eigenvalue weighted by atomic mass is 32.1. The second kappa shape index (κ2) is 12.0. The van der Waals surface area contributed by atoms with E-state index in [0.717, 1.165) is 42.3 Å². The lowest BCUT2D eigenvalue weighted by molar-refractivity contribution is -0.226. The van der Waals surface area contributed by atoms with Crippen molar-refractivity contribution in [1.82, 2.24) is 9.97 Å². The quantitative estimate of drug-likeness (QED) is 0.304. The van der Waals surface area contributed by atoms with Gasteiger partial charge in [0.2, 0.25) is 0 Å². The van der Waals surface area contributed by atoms with Crippen molar-refractivity contribution in [2.45, 2.75) is 52.7 Å². The number of nitrogens with one attached hydrogen (secondary N) is 1. The van der Waals surface area contributed by atoms with E-state index in [1.807, 2.05) is 32.9 Å². The second-order valence-electron chi connectivity index (χ2n) is 10.8. The molecule has 8 nitrogen and oxygen atoms in total. The molecule has 0 bridgehead atoms. The van der Waals surface area contributed by atoms with Crippen LogP contribution in [0, 0.1) is 11.2 Å². The number of pyridine rings is 1. The van der Waals surface area contributed by atoms with Crippen LogP contribution in [0.5, 0.6) is 5.75 Å². The minimum absolute atomic E-state index is 0.0660. The fourth-order valence-corrected chi connectivity index (χ4v) is 5.39. The first-order valence-corrected chi connectivity index (χ1v) is 14.3. The van der Waals surface area contributed by atoms with Gasteiger partial charge in [0, 0.05) is 35.8 Å². The summed E-state index contributed by atoms with van der Waals surface area (Å²) >= 11 is 1.36. The van der Waals surface area contributed by atoms with Crippen molar-refractivity contribution in [3.8, 4) is 16.3 Å². The Kier molecular flexibility index (Phi) is 8.44. The molecule has 208 valence electrons. The Morgan fingerprint density at radius 2 is 1.97 bits per heavy atom. The Morgan fingerprint density at radius 1 is 1.21 bits per heavy atom. The second-order valence-corrected chi connectivity index (χ2v) is 11.8. The van der Waals surface area contributed by atoms with Gasteiger partial charge in [-0.1, -0.05) is 38.5 Å². The van der Waals surface area contributed by atoms with Crippen LogP contribution in [0.2, 0.25) is 0 Å². The van der Waals surface area contributed by atoms with Crippen LogP contribution in [-0.4, -0.2) is 48.8 Å². The number of ether oxygens (including phenoxy) is 3. The van der Waals surface area contributed by atoms with Gasteiger partial charge in [0.05, 0.1) is 31.6 Å². The Bertz CT molecular complexity index is 1300. The maximum Gasteiger partial charge on any atom is 0.256 e. The molecule has 39 heavy (non-hydrogen) atoms. The first-order valence-electron chi connectivity index (χ1n) is 13.5. The van der Waals surface area contributed by atoms with E-state index in [1.54, 1.807) is 18.5 Å². The van der Waals surface area contributed by atoms with Gasteiger partial charge in [0.25, 0.3) is 5.91 Å². The van der Waals surface area contributed by atoms with Gasteiger partial charge < -0.3 is 24.4 Å². The lowest BCUT2D eigenvalue weighted by Gasteiger charge is -2.35. The molecule has 2 aromatic heterocycles.